The van der Waals surface area contributed by atoms with Gasteiger partial charge in [0.15, 0.2) is 0 Å². The van der Waals surface area contributed by atoms with E-state index in [2.05, 4.69) is 26.8 Å². The Balaban J connectivity index is 1.42. The number of nitrogens with one attached hydrogen (secondary N) is 2. The Kier molecular flexibility index (Phi) is 8.46. The van der Waals surface area contributed by atoms with Gasteiger partial charge in [0.1, 0.15) is 5.75 Å². The molecule has 0 saturated carbocycles. The molecule has 4 aromatic rings. The molecule has 5 rings (SSSR count). The predicted octanol–water partition coefficient (Wildman–Crippen LogP) is 5.74. The quantitative estimate of drug-likeness (QED) is 0.266. The molecule has 1 amide bonds. The molecule has 0 atom stereocenters. The minimum Gasteiger partial charge on any atom is -0.495 e. The number of piperazine rings is 1. The van der Waals surface area contributed by atoms with Crippen LogP contribution in [-0.4, -0.2) is 59.1 Å². The number of aryl methyl sites for hydroxylation is 1. The van der Waals surface area contributed by atoms with Crippen molar-refractivity contribution in [2.45, 2.75) is 25.2 Å². The Hall–Kier alpha value is -4.08. The summed E-state index contributed by atoms with van der Waals surface area (Å²) in [6.45, 7) is 8.72. The molecular formula is C32H36N4O4S. The number of rotatable bonds is 9. The van der Waals surface area contributed by atoms with Crippen LogP contribution in [0.3, 0.4) is 0 Å². The molecule has 1 fully saturated rings. The van der Waals surface area contributed by atoms with Gasteiger partial charge in [-0.05, 0) is 61.9 Å². The van der Waals surface area contributed by atoms with Crippen LogP contribution in [0.1, 0.15) is 29.3 Å². The minimum absolute atomic E-state index is 0.132. The summed E-state index contributed by atoms with van der Waals surface area (Å²) < 4.78 is 35.8. The first-order valence-electron chi connectivity index (χ1n) is 13.9. The van der Waals surface area contributed by atoms with Gasteiger partial charge in [0.2, 0.25) is 0 Å². The first kappa shape index (κ1) is 28.4. The van der Waals surface area contributed by atoms with E-state index in [0.717, 1.165) is 50.4 Å². The van der Waals surface area contributed by atoms with Crippen molar-refractivity contribution in [3.63, 3.8) is 0 Å². The van der Waals surface area contributed by atoms with Crippen molar-refractivity contribution in [1.82, 2.24) is 4.90 Å². The maximum absolute atomic E-state index is 13.7. The SMILES string of the molecule is CCCN1CCN(c2cc(NS(=O)(=O)c3ccc(NC(=O)c4ccccc4C)c4ccccc34)ccc2OC)CC1. The van der Waals surface area contributed by atoms with Crippen LogP contribution in [0.15, 0.2) is 83.8 Å². The first-order chi connectivity index (χ1) is 19.8. The lowest BCUT2D eigenvalue weighted by atomic mass is 10.1. The van der Waals surface area contributed by atoms with Gasteiger partial charge in [-0.2, -0.15) is 0 Å². The fourth-order valence-corrected chi connectivity index (χ4v) is 6.63. The van der Waals surface area contributed by atoms with Gasteiger partial charge in [0.05, 0.1) is 23.4 Å². The topological polar surface area (TPSA) is 91.0 Å². The maximum Gasteiger partial charge on any atom is 0.262 e. The highest BCUT2D eigenvalue weighted by atomic mass is 32.2. The highest BCUT2D eigenvalue weighted by molar-refractivity contribution is 7.93. The van der Waals surface area contributed by atoms with E-state index < -0.39 is 10.0 Å². The summed E-state index contributed by atoms with van der Waals surface area (Å²) in [5.41, 5.74) is 3.29. The van der Waals surface area contributed by atoms with E-state index >= 15 is 0 Å². The summed E-state index contributed by atoms with van der Waals surface area (Å²) in [6, 6.07) is 23.1. The van der Waals surface area contributed by atoms with Crippen LogP contribution in [0.4, 0.5) is 17.1 Å². The molecular weight excluding hydrogens is 536 g/mol. The summed E-state index contributed by atoms with van der Waals surface area (Å²) in [4.78, 5) is 17.8. The molecule has 2 N–H and O–H groups in total. The molecule has 1 aliphatic rings. The Morgan fingerprint density at radius 1 is 0.902 bits per heavy atom. The summed E-state index contributed by atoms with van der Waals surface area (Å²) >= 11 is 0. The zero-order valence-corrected chi connectivity index (χ0v) is 24.5. The van der Waals surface area contributed by atoms with Crippen molar-refractivity contribution < 1.29 is 17.9 Å². The number of amides is 1. The van der Waals surface area contributed by atoms with E-state index in [0.29, 0.717) is 33.5 Å². The molecule has 8 nitrogen and oxygen atoms in total. The van der Waals surface area contributed by atoms with Crippen LogP contribution in [0.2, 0.25) is 0 Å². The largest absolute Gasteiger partial charge is 0.495 e. The molecule has 4 aromatic carbocycles. The van der Waals surface area contributed by atoms with Crippen LogP contribution < -0.4 is 19.7 Å². The minimum atomic E-state index is -3.96. The lowest BCUT2D eigenvalue weighted by Crippen LogP contribution is -2.46. The van der Waals surface area contributed by atoms with Crippen LogP contribution in [-0.2, 0) is 10.0 Å². The Bertz CT molecular complexity index is 1660. The fraction of sp³-hybridized carbons (Fsp3) is 0.281. The molecule has 0 spiro atoms. The monoisotopic (exact) mass is 572 g/mol. The number of ether oxygens (including phenoxy) is 1. The smallest absolute Gasteiger partial charge is 0.262 e. The molecule has 0 bridgehead atoms. The third kappa shape index (κ3) is 6.16. The van der Waals surface area contributed by atoms with Gasteiger partial charge in [-0.25, -0.2) is 8.42 Å². The first-order valence-corrected chi connectivity index (χ1v) is 15.4. The predicted molar refractivity (Wildman–Crippen MR) is 166 cm³/mol. The Morgan fingerprint density at radius 2 is 1.61 bits per heavy atom. The number of fused-ring (bicyclic) bond motifs is 1. The number of carbonyl (C=O) groups excluding carboxylic acids is 1. The van der Waals surface area contributed by atoms with E-state index in [4.69, 9.17) is 4.74 Å². The normalized spacial score (nSPS) is 14.2. The molecule has 214 valence electrons. The molecule has 0 aliphatic carbocycles. The fourth-order valence-electron chi connectivity index (χ4n) is 5.37. The molecule has 1 saturated heterocycles. The highest BCUT2D eigenvalue weighted by Gasteiger charge is 2.23. The van der Waals surface area contributed by atoms with Crippen LogP contribution in [0.25, 0.3) is 10.8 Å². The van der Waals surface area contributed by atoms with Gasteiger partial charge >= 0.3 is 0 Å². The van der Waals surface area contributed by atoms with Crippen molar-refractivity contribution >= 4 is 43.8 Å². The number of carbonyl (C=O) groups is 1. The molecule has 0 unspecified atom stereocenters. The van der Waals surface area contributed by atoms with Gasteiger partial charge in [-0.15, -0.1) is 0 Å². The van der Waals surface area contributed by atoms with E-state index in [1.165, 1.54) is 6.07 Å². The standard InChI is InChI=1S/C32H36N4O4S/c1-4-17-35-18-20-36(21-19-35)29-22-24(13-15-30(29)40-3)34-41(38,39)31-16-14-28(26-11-7-8-12-27(26)31)33-32(37)25-10-6-5-9-23(25)2/h5-16,22,34H,4,17-21H2,1-3H3,(H,33,37). The van der Waals surface area contributed by atoms with Crippen LogP contribution in [0, 0.1) is 6.92 Å². The summed E-state index contributed by atoms with van der Waals surface area (Å²) in [6.07, 6.45) is 1.12. The van der Waals surface area contributed by atoms with Gasteiger partial charge < -0.3 is 15.0 Å². The average molecular weight is 573 g/mol. The molecule has 1 aliphatic heterocycles. The lowest BCUT2D eigenvalue weighted by Gasteiger charge is -2.36. The maximum atomic E-state index is 13.7. The van der Waals surface area contributed by atoms with Gasteiger partial charge in [0, 0.05) is 48.2 Å². The molecule has 0 radical (unpaired) electrons. The van der Waals surface area contributed by atoms with Gasteiger partial charge in [-0.1, -0.05) is 49.4 Å². The highest BCUT2D eigenvalue weighted by Crippen LogP contribution is 2.35. The number of nitrogens with zero attached hydrogens (tertiary/aromatic N) is 2. The van der Waals surface area contributed by atoms with Crippen molar-refractivity contribution in [3.8, 4) is 5.75 Å². The lowest BCUT2D eigenvalue weighted by molar-refractivity contribution is 0.102. The van der Waals surface area contributed by atoms with Crippen molar-refractivity contribution in [1.29, 1.82) is 0 Å². The number of anilines is 3. The Labute approximate surface area is 242 Å². The second-order valence-electron chi connectivity index (χ2n) is 10.2. The molecule has 41 heavy (non-hydrogen) atoms. The molecule has 0 aromatic heterocycles. The van der Waals surface area contributed by atoms with E-state index in [9.17, 15) is 13.2 Å². The zero-order valence-electron chi connectivity index (χ0n) is 23.7. The van der Waals surface area contributed by atoms with E-state index in [1.807, 2.05) is 43.3 Å². The number of sulfonamides is 1. The van der Waals surface area contributed by atoms with Crippen molar-refractivity contribution in [2.75, 3.05) is 54.8 Å². The van der Waals surface area contributed by atoms with Crippen LogP contribution in [0.5, 0.6) is 5.75 Å². The number of hydrogen-bond acceptors (Lipinski definition) is 6. The third-order valence-corrected chi connectivity index (χ3v) is 8.93. The number of benzene rings is 4. The number of methoxy groups -OCH3 is 1. The van der Waals surface area contributed by atoms with Gasteiger partial charge in [-0.3, -0.25) is 14.4 Å². The summed E-state index contributed by atoms with van der Waals surface area (Å²) in [5, 5.41) is 4.11. The van der Waals surface area contributed by atoms with E-state index in [1.54, 1.807) is 43.5 Å². The average Bonchev–Trinajstić information content (AvgIpc) is 2.98. The Morgan fingerprint density at radius 3 is 2.32 bits per heavy atom. The van der Waals surface area contributed by atoms with Gasteiger partial charge in [0.25, 0.3) is 15.9 Å². The molecule has 9 heteroatoms. The third-order valence-electron chi connectivity index (χ3n) is 7.50. The van der Waals surface area contributed by atoms with Crippen molar-refractivity contribution in [2.24, 2.45) is 0 Å². The second kappa shape index (κ2) is 12.2. The summed E-state index contributed by atoms with van der Waals surface area (Å²) in [5.74, 6) is 0.458. The number of hydrogen-bond donors (Lipinski definition) is 2. The van der Waals surface area contributed by atoms with E-state index in [-0.39, 0.29) is 10.8 Å². The second-order valence-corrected chi connectivity index (χ2v) is 11.9. The van der Waals surface area contributed by atoms with Crippen molar-refractivity contribution in [3.05, 3.63) is 90.0 Å². The summed E-state index contributed by atoms with van der Waals surface area (Å²) in [7, 11) is -2.33. The molecule has 1 heterocycles. The van der Waals surface area contributed by atoms with Crippen LogP contribution >= 0.6 is 0 Å². The zero-order chi connectivity index (χ0) is 29.0.